The Morgan fingerprint density at radius 1 is 1.04 bits per heavy atom. The van der Waals surface area contributed by atoms with E-state index in [0.29, 0.717) is 5.69 Å². The van der Waals surface area contributed by atoms with Gasteiger partial charge in [0.2, 0.25) is 0 Å². The molecule has 0 aliphatic rings. The Labute approximate surface area is 147 Å². The predicted octanol–water partition coefficient (Wildman–Crippen LogP) is 5.11. The van der Waals surface area contributed by atoms with Crippen molar-refractivity contribution >= 4 is 31.6 Å². The van der Waals surface area contributed by atoms with Crippen molar-refractivity contribution in [1.82, 2.24) is 0 Å². The molecule has 3 nitrogen and oxygen atoms in total. The molecular weight excluding hydrogens is 374 g/mol. The van der Waals surface area contributed by atoms with E-state index in [4.69, 9.17) is 0 Å². The van der Waals surface area contributed by atoms with E-state index >= 15 is 0 Å². The molecule has 0 spiro atoms. The van der Waals surface area contributed by atoms with E-state index in [0.717, 1.165) is 22.0 Å². The first kappa shape index (κ1) is 18.0. The van der Waals surface area contributed by atoms with Crippen molar-refractivity contribution in [1.29, 1.82) is 0 Å². The zero-order valence-corrected chi connectivity index (χ0v) is 16.3. The number of benzene rings is 2. The second-order valence-corrected chi connectivity index (χ2v) is 9.13. The Balaban J connectivity index is 2.32. The van der Waals surface area contributed by atoms with Crippen LogP contribution in [0.25, 0.3) is 0 Å². The Hall–Kier alpha value is -1.33. The maximum absolute atomic E-state index is 12.6. The second kappa shape index (κ2) is 6.65. The minimum atomic E-state index is -3.59. The summed E-state index contributed by atoms with van der Waals surface area (Å²) in [4.78, 5) is 0.274. The summed E-state index contributed by atoms with van der Waals surface area (Å²) in [5.74, 6) is 0. The number of aryl methyl sites for hydroxylation is 1. The van der Waals surface area contributed by atoms with Crippen LogP contribution in [0, 0.1) is 0 Å². The molecule has 5 heteroatoms. The van der Waals surface area contributed by atoms with Crippen molar-refractivity contribution < 1.29 is 8.42 Å². The number of anilines is 1. The average Bonchev–Trinajstić information content (AvgIpc) is 2.48. The number of hydrogen-bond donors (Lipinski definition) is 1. The fourth-order valence-corrected chi connectivity index (χ4v) is 3.80. The SMILES string of the molecule is CCc1cc(Br)ccc1NS(=O)(=O)c1ccc(C(C)(C)C)cc1. The molecule has 0 fully saturated rings. The monoisotopic (exact) mass is 395 g/mol. The Bertz CT molecular complexity index is 791. The smallest absolute Gasteiger partial charge is 0.261 e. The summed E-state index contributed by atoms with van der Waals surface area (Å²) in [5, 5.41) is 0. The summed E-state index contributed by atoms with van der Waals surface area (Å²) in [6.07, 6.45) is 0.750. The number of nitrogens with one attached hydrogen (secondary N) is 1. The molecule has 2 aromatic rings. The van der Waals surface area contributed by atoms with Crippen molar-refractivity contribution in [3.63, 3.8) is 0 Å². The molecule has 0 unspecified atom stereocenters. The van der Waals surface area contributed by atoms with Crippen molar-refractivity contribution in [3.05, 3.63) is 58.1 Å². The van der Waals surface area contributed by atoms with Gasteiger partial charge in [-0.1, -0.05) is 55.8 Å². The molecule has 0 radical (unpaired) electrons. The van der Waals surface area contributed by atoms with Crippen molar-refractivity contribution in [2.24, 2.45) is 0 Å². The normalized spacial score (nSPS) is 12.2. The molecule has 2 rings (SSSR count). The number of sulfonamides is 1. The van der Waals surface area contributed by atoms with E-state index in [-0.39, 0.29) is 10.3 Å². The molecule has 0 atom stereocenters. The molecule has 0 saturated heterocycles. The third-order valence-electron chi connectivity index (χ3n) is 3.72. The van der Waals surface area contributed by atoms with Gasteiger partial charge >= 0.3 is 0 Å². The average molecular weight is 396 g/mol. The molecular formula is C18H22BrNO2S. The highest BCUT2D eigenvalue weighted by Gasteiger charge is 2.18. The van der Waals surface area contributed by atoms with Crippen molar-refractivity contribution in [2.45, 2.75) is 44.4 Å². The summed E-state index contributed by atoms with van der Waals surface area (Å²) in [6.45, 7) is 8.30. The van der Waals surface area contributed by atoms with Gasteiger partial charge in [-0.15, -0.1) is 0 Å². The van der Waals surface area contributed by atoms with Crippen LogP contribution < -0.4 is 4.72 Å². The van der Waals surface area contributed by atoms with Gasteiger partial charge in [0.15, 0.2) is 0 Å². The minimum Gasteiger partial charge on any atom is -0.279 e. The van der Waals surface area contributed by atoms with E-state index in [2.05, 4.69) is 41.4 Å². The van der Waals surface area contributed by atoms with E-state index < -0.39 is 10.0 Å². The van der Waals surface area contributed by atoms with Crippen molar-refractivity contribution in [2.75, 3.05) is 4.72 Å². The first-order chi connectivity index (χ1) is 10.6. The molecule has 23 heavy (non-hydrogen) atoms. The Morgan fingerprint density at radius 2 is 1.65 bits per heavy atom. The molecule has 1 N–H and O–H groups in total. The van der Waals surface area contributed by atoms with Gasteiger partial charge in [-0.3, -0.25) is 4.72 Å². The molecule has 0 aliphatic carbocycles. The fraction of sp³-hybridized carbons (Fsp3) is 0.333. The van der Waals surface area contributed by atoms with E-state index in [1.165, 1.54) is 0 Å². The summed E-state index contributed by atoms with van der Waals surface area (Å²) >= 11 is 3.41. The van der Waals surface area contributed by atoms with Gasteiger partial charge in [-0.25, -0.2) is 8.42 Å². The van der Waals surface area contributed by atoms with Gasteiger partial charge in [0, 0.05) is 4.47 Å². The van der Waals surface area contributed by atoms with Gasteiger partial charge in [0.1, 0.15) is 0 Å². The quantitative estimate of drug-likeness (QED) is 0.781. The number of hydrogen-bond acceptors (Lipinski definition) is 2. The highest BCUT2D eigenvalue weighted by atomic mass is 79.9. The summed E-state index contributed by atoms with van der Waals surface area (Å²) < 4.78 is 28.8. The van der Waals surface area contributed by atoms with Crippen LogP contribution in [0.4, 0.5) is 5.69 Å². The van der Waals surface area contributed by atoms with Gasteiger partial charge in [-0.05, 0) is 53.3 Å². The fourth-order valence-electron chi connectivity index (χ4n) is 2.29. The lowest BCUT2D eigenvalue weighted by molar-refractivity contribution is 0.587. The number of halogens is 1. The van der Waals surface area contributed by atoms with Crippen LogP contribution in [0.1, 0.15) is 38.8 Å². The Morgan fingerprint density at radius 3 is 2.17 bits per heavy atom. The Kier molecular flexibility index (Phi) is 5.21. The van der Waals surface area contributed by atoms with E-state index in [1.54, 1.807) is 18.2 Å². The molecule has 0 heterocycles. The third-order valence-corrected chi connectivity index (χ3v) is 5.60. The summed E-state index contributed by atoms with van der Waals surface area (Å²) in [6, 6.07) is 12.6. The first-order valence-corrected chi connectivity index (χ1v) is 9.83. The van der Waals surface area contributed by atoms with Gasteiger partial charge in [-0.2, -0.15) is 0 Å². The topological polar surface area (TPSA) is 46.2 Å². The zero-order chi connectivity index (χ0) is 17.3. The van der Waals surface area contributed by atoms with Crippen LogP contribution in [-0.2, 0) is 21.9 Å². The maximum Gasteiger partial charge on any atom is 0.261 e. The van der Waals surface area contributed by atoms with Crippen LogP contribution in [0.5, 0.6) is 0 Å². The van der Waals surface area contributed by atoms with Crippen LogP contribution >= 0.6 is 15.9 Å². The molecule has 0 aliphatic heterocycles. The molecule has 0 amide bonds. The van der Waals surface area contributed by atoms with E-state index in [9.17, 15) is 8.42 Å². The zero-order valence-electron chi connectivity index (χ0n) is 13.9. The molecule has 0 aromatic heterocycles. The van der Waals surface area contributed by atoms with Crippen LogP contribution in [-0.4, -0.2) is 8.42 Å². The second-order valence-electron chi connectivity index (χ2n) is 6.53. The predicted molar refractivity (Wildman–Crippen MR) is 99.5 cm³/mol. The lowest BCUT2D eigenvalue weighted by Crippen LogP contribution is -2.15. The molecule has 124 valence electrons. The van der Waals surface area contributed by atoms with Gasteiger partial charge in [0.05, 0.1) is 10.6 Å². The molecule has 0 saturated carbocycles. The molecule has 0 bridgehead atoms. The standard InChI is InChI=1S/C18H22BrNO2S/c1-5-13-12-15(19)8-11-17(13)20-23(21,22)16-9-6-14(7-10-16)18(2,3)4/h6-12,20H,5H2,1-4H3. The minimum absolute atomic E-state index is 0.00317. The number of rotatable bonds is 4. The van der Waals surface area contributed by atoms with Crippen LogP contribution in [0.3, 0.4) is 0 Å². The lowest BCUT2D eigenvalue weighted by atomic mass is 9.87. The third kappa shape index (κ3) is 4.36. The summed E-state index contributed by atoms with van der Waals surface area (Å²) in [7, 11) is -3.59. The van der Waals surface area contributed by atoms with E-state index in [1.807, 2.05) is 31.2 Å². The molecule has 2 aromatic carbocycles. The van der Waals surface area contributed by atoms with Crippen LogP contribution in [0.15, 0.2) is 51.8 Å². The lowest BCUT2D eigenvalue weighted by Gasteiger charge is -2.19. The summed E-state index contributed by atoms with van der Waals surface area (Å²) in [5.41, 5.74) is 2.68. The van der Waals surface area contributed by atoms with Gasteiger partial charge in [0.25, 0.3) is 10.0 Å². The highest BCUT2D eigenvalue weighted by molar-refractivity contribution is 9.10. The maximum atomic E-state index is 12.6. The first-order valence-electron chi connectivity index (χ1n) is 7.55. The van der Waals surface area contributed by atoms with Crippen LogP contribution in [0.2, 0.25) is 0 Å². The van der Waals surface area contributed by atoms with Gasteiger partial charge < -0.3 is 0 Å². The largest absolute Gasteiger partial charge is 0.279 e. The highest BCUT2D eigenvalue weighted by Crippen LogP contribution is 2.26. The van der Waals surface area contributed by atoms with Crippen molar-refractivity contribution in [3.8, 4) is 0 Å².